The smallest absolute Gasteiger partial charge is 0.159 e. The van der Waals surface area contributed by atoms with E-state index in [4.69, 9.17) is 9.15 Å². The van der Waals surface area contributed by atoms with Gasteiger partial charge in [0, 0.05) is 32.8 Å². The zero-order chi connectivity index (χ0) is 36.7. The van der Waals surface area contributed by atoms with Crippen LogP contribution in [0.2, 0.25) is 0 Å². The van der Waals surface area contributed by atoms with Crippen LogP contribution in [0.4, 0.5) is 17.1 Å². The molecule has 0 spiro atoms. The van der Waals surface area contributed by atoms with Gasteiger partial charge in [-0.05, 0) is 88.1 Å². The van der Waals surface area contributed by atoms with E-state index in [-0.39, 0.29) is 0 Å². The maximum atomic E-state index is 6.74. The second-order valence-electron chi connectivity index (χ2n) is 14.5. The molecule has 2 aromatic heterocycles. The minimum atomic E-state index is 0.849. The first-order valence-corrected chi connectivity index (χ1v) is 19.0. The normalized spacial score (nSPS) is 12.1. The third-order valence-corrected chi connectivity index (χ3v) is 11.4. The molecule has 262 valence electrons. The lowest BCUT2D eigenvalue weighted by molar-refractivity contribution is 0.476. The van der Waals surface area contributed by atoms with Crippen LogP contribution in [0.25, 0.3) is 82.5 Å². The van der Waals surface area contributed by atoms with Crippen LogP contribution in [-0.2, 0) is 0 Å². The molecule has 0 saturated carbocycles. The van der Waals surface area contributed by atoms with E-state index in [9.17, 15) is 0 Å². The number of aromatic nitrogens is 1. The van der Waals surface area contributed by atoms with Gasteiger partial charge in [-0.25, -0.2) is 0 Å². The highest BCUT2D eigenvalue weighted by molar-refractivity contribution is 6.14. The van der Waals surface area contributed by atoms with E-state index >= 15 is 0 Å². The Kier molecular flexibility index (Phi) is 6.60. The number of ether oxygens (including phenoxy) is 1. The second kappa shape index (κ2) is 12.0. The van der Waals surface area contributed by atoms with Crippen LogP contribution in [0.15, 0.2) is 199 Å². The van der Waals surface area contributed by atoms with Gasteiger partial charge < -0.3 is 18.6 Å². The van der Waals surface area contributed by atoms with Crippen molar-refractivity contribution in [1.82, 2.24) is 4.57 Å². The molecule has 56 heavy (non-hydrogen) atoms. The topological polar surface area (TPSA) is 30.5 Å². The Morgan fingerprint density at radius 1 is 0.429 bits per heavy atom. The van der Waals surface area contributed by atoms with Crippen LogP contribution < -0.4 is 9.64 Å². The maximum Gasteiger partial charge on any atom is 0.159 e. The van der Waals surface area contributed by atoms with Crippen molar-refractivity contribution in [2.45, 2.75) is 0 Å². The van der Waals surface area contributed by atoms with Crippen molar-refractivity contribution in [3.8, 4) is 39.4 Å². The number of rotatable bonds is 5. The minimum Gasteiger partial charge on any atom is -0.454 e. The summed E-state index contributed by atoms with van der Waals surface area (Å²) in [6, 6.07) is 69.1. The summed E-state index contributed by atoms with van der Waals surface area (Å²) in [6.45, 7) is 0. The van der Waals surface area contributed by atoms with Crippen molar-refractivity contribution in [3.63, 3.8) is 0 Å². The molecule has 0 unspecified atom stereocenters. The highest BCUT2D eigenvalue weighted by atomic mass is 16.5. The Morgan fingerprint density at radius 3 is 2.09 bits per heavy atom. The lowest BCUT2D eigenvalue weighted by Crippen LogP contribution is -2.11. The number of para-hydroxylation sites is 6. The lowest BCUT2D eigenvalue weighted by Gasteiger charge is -2.28. The van der Waals surface area contributed by atoms with E-state index in [0.29, 0.717) is 0 Å². The van der Waals surface area contributed by atoms with Gasteiger partial charge in [-0.2, -0.15) is 0 Å². The number of benzene rings is 9. The summed E-state index contributed by atoms with van der Waals surface area (Å²) in [6.07, 6.45) is 0. The minimum absolute atomic E-state index is 0.849. The van der Waals surface area contributed by atoms with Gasteiger partial charge in [-0.15, -0.1) is 0 Å². The van der Waals surface area contributed by atoms with E-state index in [0.717, 1.165) is 89.3 Å². The van der Waals surface area contributed by atoms with Crippen LogP contribution in [0, 0.1) is 0 Å². The van der Waals surface area contributed by atoms with Crippen LogP contribution in [0.3, 0.4) is 0 Å². The molecule has 0 amide bonds. The maximum absolute atomic E-state index is 6.74. The third kappa shape index (κ3) is 4.53. The molecule has 0 radical (unpaired) electrons. The van der Waals surface area contributed by atoms with Crippen LogP contribution in [0.5, 0.6) is 11.5 Å². The van der Waals surface area contributed by atoms with E-state index in [1.165, 1.54) is 21.7 Å². The summed E-state index contributed by atoms with van der Waals surface area (Å²) in [5.41, 5.74) is 12.7. The monoisotopic (exact) mass is 716 g/mol. The van der Waals surface area contributed by atoms with E-state index < -0.39 is 0 Å². The number of hydrogen-bond donors (Lipinski definition) is 0. The SMILES string of the molecule is c1cc(-c2cccc3ccccc23)cc(N(c2ccccc2-c2ccc3c(c2)c2cccc4c2n3-c2ccccc2O4)c2cccc3c2oc2ccccc23)c1. The zero-order valence-corrected chi connectivity index (χ0v) is 30.2. The van der Waals surface area contributed by atoms with Crippen molar-refractivity contribution in [1.29, 1.82) is 0 Å². The highest BCUT2D eigenvalue weighted by Gasteiger charge is 2.26. The van der Waals surface area contributed by atoms with Crippen molar-refractivity contribution in [3.05, 3.63) is 194 Å². The Morgan fingerprint density at radius 2 is 1.11 bits per heavy atom. The molecule has 0 fully saturated rings. The Balaban J connectivity index is 1.10. The Labute approximate surface area is 322 Å². The molecule has 0 N–H and O–H groups in total. The van der Waals surface area contributed by atoms with Gasteiger partial charge in [0.25, 0.3) is 0 Å². The van der Waals surface area contributed by atoms with Gasteiger partial charge in [0.15, 0.2) is 17.1 Å². The summed E-state index contributed by atoms with van der Waals surface area (Å²) in [5, 5.41) is 6.98. The van der Waals surface area contributed by atoms with Crippen molar-refractivity contribution in [2.24, 2.45) is 0 Å². The van der Waals surface area contributed by atoms with Gasteiger partial charge in [-0.1, -0.05) is 133 Å². The molecular weight excluding hydrogens is 685 g/mol. The molecule has 1 aliphatic rings. The second-order valence-corrected chi connectivity index (χ2v) is 14.5. The van der Waals surface area contributed by atoms with Gasteiger partial charge in [-0.3, -0.25) is 0 Å². The van der Waals surface area contributed by atoms with Gasteiger partial charge >= 0.3 is 0 Å². The first-order valence-electron chi connectivity index (χ1n) is 19.0. The summed E-state index contributed by atoms with van der Waals surface area (Å²) in [4.78, 5) is 2.37. The van der Waals surface area contributed by atoms with E-state index in [1.807, 2.05) is 18.2 Å². The van der Waals surface area contributed by atoms with Crippen LogP contribution in [-0.4, -0.2) is 4.57 Å². The third-order valence-electron chi connectivity index (χ3n) is 11.4. The van der Waals surface area contributed by atoms with Crippen molar-refractivity contribution < 1.29 is 9.15 Å². The molecule has 0 bridgehead atoms. The molecule has 9 aromatic carbocycles. The largest absolute Gasteiger partial charge is 0.454 e. The van der Waals surface area contributed by atoms with Crippen molar-refractivity contribution in [2.75, 3.05) is 4.90 Å². The summed E-state index contributed by atoms with van der Waals surface area (Å²) >= 11 is 0. The molecule has 0 saturated heterocycles. The molecule has 1 aliphatic heterocycles. The lowest BCUT2D eigenvalue weighted by atomic mass is 9.97. The predicted molar refractivity (Wildman–Crippen MR) is 231 cm³/mol. The molecule has 12 rings (SSSR count). The van der Waals surface area contributed by atoms with Crippen LogP contribution >= 0.6 is 0 Å². The number of fused-ring (bicyclic) bond motifs is 9. The predicted octanol–water partition coefficient (Wildman–Crippen LogP) is 14.7. The highest BCUT2D eigenvalue weighted by Crippen LogP contribution is 2.49. The number of hydrogen-bond acceptors (Lipinski definition) is 3. The molecule has 0 atom stereocenters. The number of furan rings is 1. The average Bonchev–Trinajstić information content (AvgIpc) is 3.81. The standard InChI is InChI=1S/C52H32N2O2/c1-2-17-37-33(13-1)14-10-20-38(37)34-15-9-16-36(31-34)53(47-25-11-22-42-40-19-4-7-26-48(40)56-52(42)47)44-23-5-3-18-39(44)35-29-30-45-43(32-35)41-21-12-28-50-51(41)54(45)46-24-6-8-27-49(46)55-50/h1-32H. The fourth-order valence-corrected chi connectivity index (χ4v) is 8.90. The fraction of sp³-hybridized carbons (Fsp3) is 0. The molecule has 4 heteroatoms. The fourth-order valence-electron chi connectivity index (χ4n) is 8.90. The number of nitrogens with zero attached hydrogens (tertiary/aromatic N) is 2. The van der Waals surface area contributed by atoms with Gasteiger partial charge in [0.05, 0.1) is 28.1 Å². The van der Waals surface area contributed by atoms with Crippen LogP contribution in [0.1, 0.15) is 0 Å². The zero-order valence-electron chi connectivity index (χ0n) is 30.2. The molecule has 3 heterocycles. The Hall–Kier alpha value is -7.56. The first kappa shape index (κ1) is 30.9. The summed E-state index contributed by atoms with van der Waals surface area (Å²) in [7, 11) is 0. The van der Waals surface area contributed by atoms with E-state index in [2.05, 4.69) is 185 Å². The molecule has 0 aliphatic carbocycles. The quantitative estimate of drug-likeness (QED) is 0.178. The molecule has 11 aromatic rings. The first-order chi connectivity index (χ1) is 27.8. The average molecular weight is 717 g/mol. The number of anilines is 3. The van der Waals surface area contributed by atoms with Gasteiger partial charge in [0.2, 0.25) is 0 Å². The molecule has 4 nitrogen and oxygen atoms in total. The summed E-state index contributed by atoms with van der Waals surface area (Å²) < 4.78 is 15.5. The molecular formula is C52H32N2O2. The Bertz CT molecular complexity index is 3360. The van der Waals surface area contributed by atoms with Gasteiger partial charge in [0.1, 0.15) is 5.58 Å². The summed E-state index contributed by atoms with van der Waals surface area (Å²) in [5.74, 6) is 1.73. The van der Waals surface area contributed by atoms with Crippen molar-refractivity contribution >= 4 is 71.6 Å². The van der Waals surface area contributed by atoms with E-state index in [1.54, 1.807) is 0 Å².